The number of carboxylic acids is 1. The maximum atomic E-state index is 13.2. The minimum absolute atomic E-state index is 0.0630. The molecule has 2 heterocycles. The smallest absolute Gasteiger partial charge is 0.419 e. The Balaban J connectivity index is 1.46. The van der Waals surface area contributed by atoms with E-state index in [1.807, 2.05) is 0 Å². The van der Waals surface area contributed by atoms with Gasteiger partial charge in [0.1, 0.15) is 36.3 Å². The number of benzene rings is 2. The average Bonchev–Trinajstić information content (AvgIpc) is 3.26. The van der Waals surface area contributed by atoms with Crippen LogP contribution in [0.15, 0.2) is 54.0 Å². The van der Waals surface area contributed by atoms with Crippen molar-refractivity contribution in [2.24, 2.45) is 0 Å². The highest BCUT2D eigenvalue weighted by atomic mass is 32.1. The van der Waals surface area contributed by atoms with Crippen molar-refractivity contribution in [3.05, 3.63) is 76.3 Å². The predicted octanol–water partition coefficient (Wildman–Crippen LogP) is 5.76. The van der Waals surface area contributed by atoms with Crippen LogP contribution in [0.5, 0.6) is 17.2 Å². The lowest BCUT2D eigenvalue weighted by Gasteiger charge is -2.14. The zero-order chi connectivity index (χ0) is 25.2. The number of nitrogens with zero attached hydrogens (tertiary/aromatic N) is 1. The molecule has 4 aromatic rings. The molecule has 35 heavy (non-hydrogen) atoms. The molecule has 182 valence electrons. The van der Waals surface area contributed by atoms with Crippen molar-refractivity contribution in [1.29, 1.82) is 0 Å². The highest BCUT2D eigenvalue weighted by molar-refractivity contribution is 7.17. The largest absolute Gasteiger partial charge is 0.496 e. The molecule has 0 atom stereocenters. The number of methoxy groups -OCH3 is 1. The Morgan fingerprint density at radius 3 is 2.49 bits per heavy atom. The number of aromatic nitrogens is 1. The van der Waals surface area contributed by atoms with E-state index in [1.54, 1.807) is 29.6 Å². The SMILES string of the molecule is COc1ccc(COc2cccc(OCc3csc4c(C(=O)O)cnc(N)c34)c2)cc1C(F)(F)F. The second-order valence-corrected chi connectivity index (χ2v) is 8.29. The number of carboxylic acid groups (broad SMARTS) is 1. The molecule has 7 nitrogen and oxygen atoms in total. The summed E-state index contributed by atoms with van der Waals surface area (Å²) in [5.41, 5.74) is 6.16. The molecule has 0 bridgehead atoms. The van der Waals surface area contributed by atoms with Gasteiger partial charge in [0.15, 0.2) is 0 Å². The van der Waals surface area contributed by atoms with E-state index < -0.39 is 17.7 Å². The summed E-state index contributed by atoms with van der Waals surface area (Å²) >= 11 is 1.24. The van der Waals surface area contributed by atoms with Gasteiger partial charge in [-0.3, -0.25) is 0 Å². The number of pyridine rings is 1. The summed E-state index contributed by atoms with van der Waals surface area (Å²) in [6, 6.07) is 10.4. The van der Waals surface area contributed by atoms with E-state index in [1.165, 1.54) is 36.8 Å². The molecule has 3 N–H and O–H groups in total. The third-order valence-electron chi connectivity index (χ3n) is 5.11. The van der Waals surface area contributed by atoms with E-state index in [9.17, 15) is 23.1 Å². The molecule has 0 saturated heterocycles. The highest BCUT2D eigenvalue weighted by Gasteiger charge is 2.34. The fraction of sp³-hybridized carbons (Fsp3) is 0.167. The second kappa shape index (κ2) is 9.71. The molecule has 0 radical (unpaired) electrons. The Bertz CT molecular complexity index is 1390. The van der Waals surface area contributed by atoms with Crippen LogP contribution in [0.2, 0.25) is 0 Å². The number of hydrogen-bond acceptors (Lipinski definition) is 7. The average molecular weight is 504 g/mol. The Hall–Kier alpha value is -3.99. The quantitative estimate of drug-likeness (QED) is 0.314. The lowest BCUT2D eigenvalue weighted by molar-refractivity contribution is -0.138. The number of fused-ring (bicyclic) bond motifs is 1. The van der Waals surface area contributed by atoms with Crippen LogP contribution in [0.4, 0.5) is 19.0 Å². The maximum absolute atomic E-state index is 13.2. The van der Waals surface area contributed by atoms with Gasteiger partial charge in [-0.1, -0.05) is 12.1 Å². The van der Waals surface area contributed by atoms with E-state index >= 15 is 0 Å². The number of alkyl halides is 3. The van der Waals surface area contributed by atoms with Crippen LogP contribution < -0.4 is 19.9 Å². The summed E-state index contributed by atoms with van der Waals surface area (Å²) in [5, 5.41) is 11.6. The minimum atomic E-state index is -4.55. The molecule has 0 amide bonds. The van der Waals surface area contributed by atoms with Gasteiger partial charge in [0, 0.05) is 23.2 Å². The Kier molecular flexibility index (Phi) is 6.70. The highest BCUT2D eigenvalue weighted by Crippen LogP contribution is 2.37. The first-order valence-electron chi connectivity index (χ1n) is 10.1. The number of ether oxygens (including phenoxy) is 3. The van der Waals surface area contributed by atoms with Crippen LogP contribution in [-0.2, 0) is 19.4 Å². The summed E-state index contributed by atoms with van der Waals surface area (Å²) in [5.74, 6) is -0.297. The first-order chi connectivity index (χ1) is 16.7. The van der Waals surface area contributed by atoms with Gasteiger partial charge in [0.2, 0.25) is 0 Å². The normalized spacial score (nSPS) is 11.4. The van der Waals surface area contributed by atoms with Crippen LogP contribution in [0.3, 0.4) is 0 Å². The van der Waals surface area contributed by atoms with Crippen molar-refractivity contribution in [3.63, 3.8) is 0 Å². The number of rotatable bonds is 8. The molecule has 0 aliphatic heterocycles. The molecule has 0 saturated carbocycles. The van der Waals surface area contributed by atoms with Crippen molar-refractivity contribution >= 4 is 33.2 Å². The molecule has 4 rings (SSSR count). The van der Waals surface area contributed by atoms with E-state index in [0.29, 0.717) is 32.7 Å². The predicted molar refractivity (Wildman–Crippen MR) is 124 cm³/mol. The van der Waals surface area contributed by atoms with E-state index in [2.05, 4.69) is 4.98 Å². The molecule has 11 heteroatoms. The number of nitrogens with two attached hydrogens (primary N) is 1. The number of nitrogen functional groups attached to an aromatic ring is 1. The summed E-state index contributed by atoms with van der Waals surface area (Å²) in [6.45, 7) is 0.0116. The third-order valence-corrected chi connectivity index (χ3v) is 6.17. The molecular formula is C24H19F3N2O5S. The molecular weight excluding hydrogens is 485 g/mol. The van der Waals surface area contributed by atoms with Gasteiger partial charge in [0.25, 0.3) is 0 Å². The molecule has 2 aromatic carbocycles. The maximum Gasteiger partial charge on any atom is 0.419 e. The standard InChI is InChI=1S/C24H19F3N2O5S/c1-32-19-6-5-13(7-18(19)24(25,26)27)10-33-15-3-2-4-16(8-15)34-11-14-12-35-21-17(23(30)31)9-29-22(28)20(14)21/h2-9,12H,10-11H2,1H3,(H2,28,29)(H,30,31). The Morgan fingerprint density at radius 1 is 1.11 bits per heavy atom. The van der Waals surface area contributed by atoms with Gasteiger partial charge in [-0.25, -0.2) is 9.78 Å². The van der Waals surface area contributed by atoms with Gasteiger partial charge >= 0.3 is 12.1 Å². The topological polar surface area (TPSA) is 104 Å². The second-order valence-electron chi connectivity index (χ2n) is 7.41. The number of halogens is 3. The molecule has 0 aliphatic carbocycles. The van der Waals surface area contributed by atoms with Gasteiger partial charge in [-0.15, -0.1) is 11.3 Å². The summed E-state index contributed by atoms with van der Waals surface area (Å²) < 4.78 is 56.5. The number of anilines is 1. The lowest BCUT2D eigenvalue weighted by Crippen LogP contribution is -2.09. The summed E-state index contributed by atoms with van der Waals surface area (Å²) in [6.07, 6.45) is -3.33. The monoisotopic (exact) mass is 504 g/mol. The van der Waals surface area contributed by atoms with Gasteiger partial charge in [0.05, 0.1) is 22.9 Å². The summed E-state index contributed by atoms with van der Waals surface area (Å²) in [4.78, 5) is 15.4. The van der Waals surface area contributed by atoms with Crippen LogP contribution in [-0.4, -0.2) is 23.2 Å². The zero-order valence-corrected chi connectivity index (χ0v) is 19.1. The van der Waals surface area contributed by atoms with Gasteiger partial charge in [-0.05, 0) is 35.2 Å². The molecule has 0 spiro atoms. The molecule has 2 aromatic heterocycles. The fourth-order valence-electron chi connectivity index (χ4n) is 3.44. The lowest BCUT2D eigenvalue weighted by atomic mass is 10.1. The van der Waals surface area contributed by atoms with Crippen LogP contribution in [0.1, 0.15) is 27.0 Å². The van der Waals surface area contributed by atoms with Gasteiger partial charge < -0.3 is 25.1 Å². The van der Waals surface area contributed by atoms with E-state index in [-0.39, 0.29) is 30.3 Å². The van der Waals surface area contributed by atoms with Crippen molar-refractivity contribution in [1.82, 2.24) is 4.98 Å². The van der Waals surface area contributed by atoms with E-state index in [0.717, 1.165) is 6.07 Å². The van der Waals surface area contributed by atoms with Crippen molar-refractivity contribution in [2.75, 3.05) is 12.8 Å². The fourth-order valence-corrected chi connectivity index (χ4v) is 4.50. The Labute approximate surface area is 201 Å². The number of hydrogen-bond donors (Lipinski definition) is 2. The first-order valence-corrected chi connectivity index (χ1v) is 11.0. The minimum Gasteiger partial charge on any atom is -0.496 e. The third kappa shape index (κ3) is 5.24. The zero-order valence-electron chi connectivity index (χ0n) is 18.3. The van der Waals surface area contributed by atoms with Crippen molar-refractivity contribution in [2.45, 2.75) is 19.4 Å². The molecule has 0 aliphatic rings. The van der Waals surface area contributed by atoms with Crippen molar-refractivity contribution in [3.8, 4) is 17.2 Å². The summed E-state index contributed by atoms with van der Waals surface area (Å²) in [7, 11) is 1.18. The number of carbonyl (C=O) groups is 1. The number of thiophene rings is 1. The van der Waals surface area contributed by atoms with Gasteiger partial charge in [-0.2, -0.15) is 13.2 Å². The molecule has 0 fully saturated rings. The van der Waals surface area contributed by atoms with Crippen LogP contribution in [0, 0.1) is 0 Å². The van der Waals surface area contributed by atoms with E-state index in [4.69, 9.17) is 19.9 Å². The van der Waals surface area contributed by atoms with Crippen LogP contribution in [0.25, 0.3) is 10.1 Å². The molecule has 0 unspecified atom stereocenters. The Morgan fingerprint density at radius 2 is 1.83 bits per heavy atom. The number of aromatic carboxylic acids is 1. The van der Waals surface area contributed by atoms with Crippen LogP contribution >= 0.6 is 11.3 Å². The van der Waals surface area contributed by atoms with Crippen molar-refractivity contribution < 1.29 is 37.3 Å². The first kappa shape index (κ1) is 24.1.